The Morgan fingerprint density at radius 3 is 2.93 bits per heavy atom. The molecule has 1 aromatic heterocycles. The molecule has 0 aliphatic rings. The Labute approximate surface area is 96.8 Å². The number of aliphatic hydroxyl groups is 1. The van der Waals surface area contributed by atoms with Crippen LogP contribution in [0.1, 0.15) is 12.5 Å². The molecule has 0 fully saturated rings. The van der Waals surface area contributed by atoms with Gasteiger partial charge in [0.2, 0.25) is 0 Å². The third-order valence-corrected chi connectivity index (χ3v) is 2.99. The molecule has 0 aliphatic carbocycles. The highest BCUT2D eigenvalue weighted by Gasteiger charge is 2.07. The van der Waals surface area contributed by atoms with Gasteiger partial charge in [-0.05, 0) is 47.0 Å². The molecule has 0 spiro atoms. The predicted molar refractivity (Wildman–Crippen MR) is 63.8 cm³/mol. The van der Waals surface area contributed by atoms with Gasteiger partial charge in [-0.2, -0.15) is 5.10 Å². The van der Waals surface area contributed by atoms with Crippen molar-refractivity contribution in [2.24, 2.45) is 7.05 Å². The fourth-order valence-electron chi connectivity index (χ4n) is 1.74. The first-order valence-electron chi connectivity index (χ1n) is 4.87. The van der Waals surface area contributed by atoms with Crippen molar-refractivity contribution in [3.05, 3.63) is 28.4 Å². The van der Waals surface area contributed by atoms with Crippen LogP contribution in [0.15, 0.2) is 22.8 Å². The van der Waals surface area contributed by atoms with Gasteiger partial charge in [0.15, 0.2) is 0 Å². The van der Waals surface area contributed by atoms with E-state index >= 15 is 0 Å². The monoisotopic (exact) mass is 268 g/mol. The van der Waals surface area contributed by atoms with E-state index in [9.17, 15) is 5.11 Å². The fourth-order valence-corrected chi connectivity index (χ4v) is 2.29. The van der Waals surface area contributed by atoms with E-state index in [2.05, 4.69) is 27.1 Å². The normalized spacial score (nSPS) is 13.3. The number of halogens is 1. The number of hydrogen-bond acceptors (Lipinski definition) is 2. The maximum Gasteiger partial charge on any atom is 0.135 e. The first-order chi connectivity index (χ1) is 7.08. The number of benzene rings is 1. The molecule has 0 aliphatic heterocycles. The summed E-state index contributed by atoms with van der Waals surface area (Å²) in [7, 11) is 1.92. The summed E-state index contributed by atoms with van der Waals surface area (Å²) in [4.78, 5) is 0. The Morgan fingerprint density at radius 1 is 1.53 bits per heavy atom. The van der Waals surface area contributed by atoms with Crippen LogP contribution in [0.3, 0.4) is 0 Å². The van der Waals surface area contributed by atoms with Gasteiger partial charge in [-0.25, -0.2) is 0 Å². The number of hydrogen-bond donors (Lipinski definition) is 1. The smallest absolute Gasteiger partial charge is 0.135 e. The van der Waals surface area contributed by atoms with Crippen molar-refractivity contribution >= 4 is 26.8 Å². The topological polar surface area (TPSA) is 38.1 Å². The van der Waals surface area contributed by atoms with Crippen LogP contribution < -0.4 is 0 Å². The molecular weight excluding hydrogens is 256 g/mol. The molecule has 15 heavy (non-hydrogen) atoms. The number of aromatic nitrogens is 2. The van der Waals surface area contributed by atoms with Gasteiger partial charge in [0, 0.05) is 12.4 Å². The summed E-state index contributed by atoms with van der Waals surface area (Å²) in [5.74, 6) is 0. The van der Waals surface area contributed by atoms with E-state index < -0.39 is 0 Å². The average molecular weight is 269 g/mol. The second-order valence-corrected chi connectivity index (χ2v) is 4.57. The van der Waals surface area contributed by atoms with Gasteiger partial charge in [-0.3, -0.25) is 4.68 Å². The Bertz CT molecular complexity index is 491. The molecule has 80 valence electrons. The molecule has 0 saturated carbocycles. The quantitative estimate of drug-likeness (QED) is 0.908. The molecule has 0 saturated heterocycles. The highest BCUT2D eigenvalue weighted by Crippen LogP contribution is 2.24. The molecule has 1 N–H and O–H groups in total. The number of fused-ring (bicyclic) bond motifs is 1. The molecule has 3 nitrogen and oxygen atoms in total. The van der Waals surface area contributed by atoms with Crippen LogP contribution in [-0.4, -0.2) is 21.0 Å². The van der Waals surface area contributed by atoms with Gasteiger partial charge in [0.1, 0.15) is 4.60 Å². The van der Waals surface area contributed by atoms with Crippen LogP contribution in [0.5, 0.6) is 0 Å². The zero-order valence-corrected chi connectivity index (χ0v) is 10.3. The molecule has 1 atom stereocenters. The summed E-state index contributed by atoms with van der Waals surface area (Å²) in [5.41, 5.74) is 2.22. The van der Waals surface area contributed by atoms with Gasteiger partial charge in [-0.15, -0.1) is 0 Å². The molecule has 1 unspecified atom stereocenters. The number of rotatable bonds is 2. The van der Waals surface area contributed by atoms with E-state index in [4.69, 9.17) is 0 Å². The number of nitrogens with zero attached hydrogens (tertiary/aromatic N) is 2. The largest absolute Gasteiger partial charge is 0.393 e. The zero-order valence-electron chi connectivity index (χ0n) is 8.74. The standard InChI is InChI=1S/C11H13BrN2O/c1-7(15)5-8-3-4-10-9(6-8)11(12)13-14(10)2/h3-4,6-7,15H,5H2,1-2H3. The highest BCUT2D eigenvalue weighted by atomic mass is 79.9. The van der Waals surface area contributed by atoms with E-state index in [0.29, 0.717) is 6.42 Å². The van der Waals surface area contributed by atoms with Gasteiger partial charge < -0.3 is 5.11 Å². The SMILES string of the molecule is CC(O)Cc1ccc2c(c1)c(Br)nn2C. The lowest BCUT2D eigenvalue weighted by Crippen LogP contribution is -2.03. The fraction of sp³-hybridized carbons (Fsp3) is 0.364. The first-order valence-corrected chi connectivity index (χ1v) is 5.66. The molecule has 2 aromatic rings. The summed E-state index contributed by atoms with van der Waals surface area (Å²) >= 11 is 3.42. The van der Waals surface area contributed by atoms with Gasteiger partial charge in [-0.1, -0.05) is 6.07 Å². The minimum atomic E-state index is -0.308. The molecule has 1 aromatic carbocycles. The summed E-state index contributed by atoms with van der Waals surface area (Å²) in [6.45, 7) is 1.79. The molecule has 1 heterocycles. The lowest BCUT2D eigenvalue weighted by molar-refractivity contribution is 0.195. The maximum absolute atomic E-state index is 9.32. The van der Waals surface area contributed by atoms with Crippen LogP contribution in [-0.2, 0) is 13.5 Å². The van der Waals surface area contributed by atoms with Crippen molar-refractivity contribution in [3.63, 3.8) is 0 Å². The lowest BCUT2D eigenvalue weighted by Gasteiger charge is -2.04. The zero-order chi connectivity index (χ0) is 11.0. The maximum atomic E-state index is 9.32. The predicted octanol–water partition coefficient (Wildman–Crippen LogP) is 2.26. The lowest BCUT2D eigenvalue weighted by atomic mass is 10.1. The Balaban J connectivity index is 2.50. The van der Waals surface area contributed by atoms with E-state index in [0.717, 1.165) is 21.1 Å². The summed E-state index contributed by atoms with van der Waals surface area (Å²) in [5, 5.41) is 14.7. The van der Waals surface area contributed by atoms with Crippen molar-refractivity contribution in [1.82, 2.24) is 9.78 Å². The molecule has 0 radical (unpaired) electrons. The molecule has 2 rings (SSSR count). The van der Waals surface area contributed by atoms with Crippen molar-refractivity contribution in [2.75, 3.05) is 0 Å². The summed E-state index contributed by atoms with van der Waals surface area (Å²) < 4.78 is 2.69. The van der Waals surface area contributed by atoms with E-state index in [1.54, 1.807) is 6.92 Å². The van der Waals surface area contributed by atoms with Crippen LogP contribution in [0, 0.1) is 0 Å². The van der Waals surface area contributed by atoms with Crippen molar-refractivity contribution < 1.29 is 5.11 Å². The van der Waals surface area contributed by atoms with Crippen molar-refractivity contribution in [3.8, 4) is 0 Å². The highest BCUT2D eigenvalue weighted by molar-refractivity contribution is 9.10. The second-order valence-electron chi connectivity index (χ2n) is 3.82. The minimum absolute atomic E-state index is 0.308. The van der Waals surface area contributed by atoms with Gasteiger partial charge >= 0.3 is 0 Å². The van der Waals surface area contributed by atoms with Crippen molar-refractivity contribution in [1.29, 1.82) is 0 Å². The van der Waals surface area contributed by atoms with E-state index in [1.807, 2.05) is 23.9 Å². The van der Waals surface area contributed by atoms with Gasteiger partial charge in [0.05, 0.1) is 11.6 Å². The third kappa shape index (κ3) is 2.06. The summed E-state index contributed by atoms with van der Waals surface area (Å²) in [6.07, 6.45) is 0.370. The molecule has 0 bridgehead atoms. The second kappa shape index (κ2) is 3.94. The van der Waals surface area contributed by atoms with Crippen LogP contribution in [0.4, 0.5) is 0 Å². The van der Waals surface area contributed by atoms with Gasteiger partial charge in [0.25, 0.3) is 0 Å². The molecule has 4 heteroatoms. The van der Waals surface area contributed by atoms with E-state index in [-0.39, 0.29) is 6.10 Å². The van der Waals surface area contributed by atoms with E-state index in [1.165, 1.54) is 0 Å². The first kappa shape index (κ1) is 10.6. The average Bonchev–Trinajstić information content (AvgIpc) is 2.41. The molecule has 0 amide bonds. The Morgan fingerprint density at radius 2 is 2.27 bits per heavy atom. The van der Waals surface area contributed by atoms with Crippen LogP contribution in [0.2, 0.25) is 0 Å². The summed E-state index contributed by atoms with van der Waals surface area (Å²) in [6, 6.07) is 6.13. The molecular formula is C11H13BrN2O. The van der Waals surface area contributed by atoms with Crippen LogP contribution >= 0.6 is 15.9 Å². The Kier molecular flexibility index (Phi) is 2.80. The third-order valence-electron chi connectivity index (χ3n) is 2.40. The van der Waals surface area contributed by atoms with Crippen LogP contribution in [0.25, 0.3) is 10.9 Å². The Hall–Kier alpha value is -0.870. The minimum Gasteiger partial charge on any atom is -0.393 e. The number of aliphatic hydroxyl groups excluding tert-OH is 1. The number of aryl methyl sites for hydroxylation is 1. The van der Waals surface area contributed by atoms with Crippen molar-refractivity contribution in [2.45, 2.75) is 19.4 Å².